The molecule has 0 radical (unpaired) electrons. The summed E-state index contributed by atoms with van der Waals surface area (Å²) in [6.45, 7) is 2.35. The standard InChI is InChI=1S/C18H20BrFN2O3S/c1-25-16-4-6-17(7-5-16)26(23,24)22-10-8-21(9-11-22)13-14-2-3-15(19)12-18(14)20/h2-7,12H,8-11,13H2,1H3. The van der Waals surface area contributed by atoms with Crippen molar-refractivity contribution in [3.8, 4) is 5.75 Å². The lowest BCUT2D eigenvalue weighted by Gasteiger charge is -2.34. The molecule has 2 aromatic carbocycles. The van der Waals surface area contributed by atoms with Gasteiger partial charge in [0.2, 0.25) is 10.0 Å². The largest absolute Gasteiger partial charge is 0.497 e. The number of piperazine rings is 1. The predicted octanol–water partition coefficient (Wildman–Crippen LogP) is 3.10. The fourth-order valence-electron chi connectivity index (χ4n) is 2.92. The van der Waals surface area contributed by atoms with Gasteiger partial charge < -0.3 is 4.74 Å². The lowest BCUT2D eigenvalue weighted by molar-refractivity contribution is 0.180. The van der Waals surface area contributed by atoms with Crippen LogP contribution in [0, 0.1) is 5.82 Å². The molecule has 26 heavy (non-hydrogen) atoms. The Bertz CT molecular complexity index is 867. The number of rotatable bonds is 5. The maximum absolute atomic E-state index is 14.0. The maximum Gasteiger partial charge on any atom is 0.243 e. The van der Waals surface area contributed by atoms with E-state index < -0.39 is 10.0 Å². The number of hydrogen-bond donors (Lipinski definition) is 0. The molecule has 0 atom stereocenters. The summed E-state index contributed by atoms with van der Waals surface area (Å²) in [7, 11) is -1.99. The third kappa shape index (κ3) is 4.25. The second-order valence-electron chi connectivity index (χ2n) is 6.09. The zero-order valence-electron chi connectivity index (χ0n) is 14.4. The smallest absolute Gasteiger partial charge is 0.243 e. The van der Waals surface area contributed by atoms with Gasteiger partial charge in [0, 0.05) is 42.8 Å². The average Bonchev–Trinajstić information content (AvgIpc) is 2.64. The molecule has 1 saturated heterocycles. The van der Waals surface area contributed by atoms with Gasteiger partial charge in [0.05, 0.1) is 12.0 Å². The molecule has 1 aliphatic rings. The van der Waals surface area contributed by atoms with Gasteiger partial charge in [0.15, 0.2) is 0 Å². The van der Waals surface area contributed by atoms with Crippen molar-refractivity contribution in [3.05, 3.63) is 58.3 Å². The molecule has 0 spiro atoms. The molecule has 8 heteroatoms. The van der Waals surface area contributed by atoms with Crippen molar-refractivity contribution in [3.63, 3.8) is 0 Å². The number of halogens is 2. The Morgan fingerprint density at radius 3 is 2.31 bits per heavy atom. The van der Waals surface area contributed by atoms with Crippen LogP contribution in [0.2, 0.25) is 0 Å². The zero-order valence-corrected chi connectivity index (χ0v) is 16.8. The highest BCUT2D eigenvalue weighted by molar-refractivity contribution is 9.10. The number of nitrogens with zero attached hydrogens (tertiary/aromatic N) is 2. The average molecular weight is 443 g/mol. The quantitative estimate of drug-likeness (QED) is 0.713. The van der Waals surface area contributed by atoms with E-state index in [1.165, 1.54) is 17.5 Å². The Morgan fingerprint density at radius 1 is 1.08 bits per heavy atom. The van der Waals surface area contributed by atoms with Gasteiger partial charge >= 0.3 is 0 Å². The molecule has 0 amide bonds. The zero-order chi connectivity index (χ0) is 18.7. The van der Waals surface area contributed by atoms with E-state index in [9.17, 15) is 12.8 Å². The van der Waals surface area contributed by atoms with E-state index in [-0.39, 0.29) is 10.7 Å². The Labute approximate surface area is 161 Å². The van der Waals surface area contributed by atoms with Crippen LogP contribution >= 0.6 is 15.9 Å². The van der Waals surface area contributed by atoms with Gasteiger partial charge in [0.25, 0.3) is 0 Å². The number of ether oxygens (including phenoxy) is 1. The van der Waals surface area contributed by atoms with Crippen molar-refractivity contribution in [2.24, 2.45) is 0 Å². The summed E-state index contributed by atoms with van der Waals surface area (Å²) in [5, 5.41) is 0. The number of sulfonamides is 1. The van der Waals surface area contributed by atoms with Crippen LogP contribution in [0.15, 0.2) is 51.8 Å². The summed E-state index contributed by atoms with van der Waals surface area (Å²) >= 11 is 3.25. The van der Waals surface area contributed by atoms with E-state index in [0.29, 0.717) is 48.5 Å². The minimum atomic E-state index is -3.53. The molecule has 0 saturated carbocycles. The van der Waals surface area contributed by atoms with Crippen LogP contribution < -0.4 is 4.74 Å². The van der Waals surface area contributed by atoms with Crippen molar-refractivity contribution in [2.75, 3.05) is 33.3 Å². The van der Waals surface area contributed by atoms with E-state index in [1.54, 1.807) is 30.3 Å². The first-order valence-corrected chi connectivity index (χ1v) is 10.4. The topological polar surface area (TPSA) is 49.9 Å². The van der Waals surface area contributed by atoms with Crippen LogP contribution in [-0.2, 0) is 16.6 Å². The van der Waals surface area contributed by atoms with Crippen molar-refractivity contribution in [1.82, 2.24) is 9.21 Å². The van der Waals surface area contributed by atoms with Gasteiger partial charge in [-0.3, -0.25) is 4.90 Å². The molecule has 1 fully saturated rings. The molecule has 0 N–H and O–H groups in total. The molecular formula is C18H20BrFN2O3S. The second-order valence-corrected chi connectivity index (χ2v) is 8.95. The Hall–Kier alpha value is -1.48. The molecule has 3 rings (SSSR count). The number of methoxy groups -OCH3 is 1. The lowest BCUT2D eigenvalue weighted by atomic mass is 10.2. The first-order chi connectivity index (χ1) is 12.4. The fourth-order valence-corrected chi connectivity index (χ4v) is 4.67. The van der Waals surface area contributed by atoms with Crippen LogP contribution in [0.4, 0.5) is 4.39 Å². The summed E-state index contributed by atoms with van der Waals surface area (Å²) in [5.41, 5.74) is 0.611. The highest BCUT2D eigenvalue weighted by Gasteiger charge is 2.28. The van der Waals surface area contributed by atoms with Crippen molar-refractivity contribution in [2.45, 2.75) is 11.4 Å². The molecule has 0 aliphatic carbocycles. The Kier molecular flexibility index (Phi) is 5.96. The molecular weight excluding hydrogens is 423 g/mol. The molecule has 0 aromatic heterocycles. The fraction of sp³-hybridized carbons (Fsp3) is 0.333. The molecule has 0 unspecified atom stereocenters. The van der Waals surface area contributed by atoms with Crippen LogP contribution in [-0.4, -0.2) is 50.9 Å². The van der Waals surface area contributed by atoms with Crippen molar-refractivity contribution < 1.29 is 17.5 Å². The SMILES string of the molecule is COc1ccc(S(=O)(=O)N2CCN(Cc3ccc(Br)cc3F)CC2)cc1. The van der Waals surface area contributed by atoms with E-state index in [4.69, 9.17) is 4.74 Å². The molecule has 2 aromatic rings. The minimum absolute atomic E-state index is 0.255. The van der Waals surface area contributed by atoms with E-state index in [2.05, 4.69) is 20.8 Å². The monoisotopic (exact) mass is 442 g/mol. The summed E-state index contributed by atoms with van der Waals surface area (Å²) in [6, 6.07) is 11.4. The van der Waals surface area contributed by atoms with E-state index >= 15 is 0 Å². The number of hydrogen-bond acceptors (Lipinski definition) is 4. The van der Waals surface area contributed by atoms with Crippen molar-refractivity contribution in [1.29, 1.82) is 0 Å². The first kappa shape index (κ1) is 19.3. The molecule has 0 bridgehead atoms. The highest BCUT2D eigenvalue weighted by atomic mass is 79.9. The van der Waals surface area contributed by atoms with Gasteiger partial charge in [-0.15, -0.1) is 0 Å². The van der Waals surface area contributed by atoms with Crippen LogP contribution in [0.25, 0.3) is 0 Å². The first-order valence-electron chi connectivity index (χ1n) is 8.20. The Balaban J connectivity index is 1.63. The third-order valence-corrected chi connectivity index (χ3v) is 6.84. The molecule has 1 heterocycles. The van der Waals surface area contributed by atoms with Crippen molar-refractivity contribution >= 4 is 26.0 Å². The molecule has 5 nitrogen and oxygen atoms in total. The van der Waals surface area contributed by atoms with Crippen LogP contribution in [0.5, 0.6) is 5.75 Å². The third-order valence-electron chi connectivity index (χ3n) is 4.44. The summed E-state index contributed by atoms with van der Waals surface area (Å²) in [6.07, 6.45) is 0. The summed E-state index contributed by atoms with van der Waals surface area (Å²) in [5.74, 6) is 0.359. The number of benzene rings is 2. The molecule has 1 aliphatic heterocycles. The highest BCUT2D eigenvalue weighted by Crippen LogP contribution is 2.22. The predicted molar refractivity (Wildman–Crippen MR) is 101 cm³/mol. The summed E-state index contributed by atoms with van der Waals surface area (Å²) < 4.78 is 46.7. The lowest BCUT2D eigenvalue weighted by Crippen LogP contribution is -2.48. The normalized spacial score (nSPS) is 16.6. The van der Waals surface area contributed by atoms with Crippen LogP contribution in [0.1, 0.15) is 5.56 Å². The minimum Gasteiger partial charge on any atom is -0.497 e. The summed E-state index contributed by atoms with van der Waals surface area (Å²) in [4.78, 5) is 2.32. The van der Waals surface area contributed by atoms with Gasteiger partial charge in [-0.25, -0.2) is 12.8 Å². The van der Waals surface area contributed by atoms with Gasteiger partial charge in [-0.05, 0) is 36.4 Å². The second kappa shape index (κ2) is 8.04. The van der Waals surface area contributed by atoms with Gasteiger partial charge in [0.1, 0.15) is 11.6 Å². The van der Waals surface area contributed by atoms with Crippen LogP contribution in [0.3, 0.4) is 0 Å². The maximum atomic E-state index is 14.0. The Morgan fingerprint density at radius 2 is 1.73 bits per heavy atom. The van der Waals surface area contributed by atoms with Gasteiger partial charge in [-0.1, -0.05) is 22.0 Å². The van der Waals surface area contributed by atoms with E-state index in [1.807, 2.05) is 6.07 Å². The van der Waals surface area contributed by atoms with Gasteiger partial charge in [-0.2, -0.15) is 4.31 Å². The molecule has 140 valence electrons. The van der Waals surface area contributed by atoms with E-state index in [0.717, 1.165) is 0 Å².